The van der Waals surface area contributed by atoms with Gasteiger partial charge in [0.15, 0.2) is 0 Å². The maximum atomic E-state index is 9.53. The molecule has 78 valence electrons. The van der Waals surface area contributed by atoms with Gasteiger partial charge in [-0.1, -0.05) is 6.08 Å². The average Bonchev–Trinajstić information content (AvgIpc) is 1.98. The maximum absolute atomic E-state index is 9.53. The zero-order valence-corrected chi connectivity index (χ0v) is 8.62. The average molecular weight is 188 g/mol. The molecule has 0 bridgehead atoms. The molecule has 0 aromatic heterocycles. The molecule has 0 unspecified atom stereocenters. The smallest absolute Gasteiger partial charge is 0.0849 e. The second-order valence-corrected chi connectivity index (χ2v) is 4.27. The highest BCUT2D eigenvalue weighted by atomic mass is 16.3. The zero-order chi connectivity index (χ0) is 10.7. The number of hydrogen-bond donors (Lipinski definition) is 3. The van der Waals surface area contributed by atoms with Gasteiger partial charge >= 0.3 is 0 Å². The summed E-state index contributed by atoms with van der Waals surface area (Å²) in [4.78, 5) is 0. The van der Waals surface area contributed by atoms with E-state index in [1.54, 1.807) is 20.8 Å². The van der Waals surface area contributed by atoms with Gasteiger partial charge in [-0.2, -0.15) is 0 Å². The van der Waals surface area contributed by atoms with Crippen LogP contribution in [-0.2, 0) is 0 Å². The van der Waals surface area contributed by atoms with Gasteiger partial charge in [0.05, 0.1) is 17.3 Å². The van der Waals surface area contributed by atoms with Crippen molar-refractivity contribution in [2.45, 2.75) is 50.9 Å². The highest BCUT2D eigenvalue weighted by molar-refractivity contribution is 4.92. The van der Waals surface area contributed by atoms with Crippen molar-refractivity contribution in [3.05, 3.63) is 12.7 Å². The lowest BCUT2D eigenvalue weighted by Crippen LogP contribution is -2.37. The summed E-state index contributed by atoms with van der Waals surface area (Å²) in [6.45, 7) is 8.18. The fourth-order valence-electron chi connectivity index (χ4n) is 0.884. The molecule has 0 aromatic rings. The minimum Gasteiger partial charge on any atom is -0.390 e. The molecule has 0 aliphatic rings. The molecule has 3 nitrogen and oxygen atoms in total. The molecule has 0 aliphatic heterocycles. The summed E-state index contributed by atoms with van der Waals surface area (Å²) < 4.78 is 0. The standard InChI is InChI=1S/C10H20O3/c1-5-10(4,13)7-6-8(11)9(2,3)12/h5,8,11-13H,1,6-7H2,2-4H3/t8-,10+/m0/s1. The predicted octanol–water partition coefficient (Wildman–Crippen LogP) is 0.835. The van der Waals surface area contributed by atoms with Crippen molar-refractivity contribution in [3.8, 4) is 0 Å². The van der Waals surface area contributed by atoms with Gasteiger partial charge in [-0.3, -0.25) is 0 Å². The number of rotatable bonds is 5. The summed E-state index contributed by atoms with van der Waals surface area (Å²) in [5.41, 5.74) is -2.08. The lowest BCUT2D eigenvalue weighted by molar-refractivity contribution is -0.0591. The highest BCUT2D eigenvalue weighted by Crippen LogP contribution is 2.19. The lowest BCUT2D eigenvalue weighted by atomic mass is 9.92. The monoisotopic (exact) mass is 188 g/mol. The first-order valence-corrected chi connectivity index (χ1v) is 4.45. The molecule has 0 aliphatic carbocycles. The third kappa shape index (κ3) is 5.03. The molecule has 0 spiro atoms. The topological polar surface area (TPSA) is 60.7 Å². The molecular weight excluding hydrogens is 168 g/mol. The zero-order valence-electron chi connectivity index (χ0n) is 8.62. The van der Waals surface area contributed by atoms with E-state index in [0.717, 1.165) is 0 Å². The van der Waals surface area contributed by atoms with Crippen molar-refractivity contribution in [1.29, 1.82) is 0 Å². The Morgan fingerprint density at radius 2 is 1.77 bits per heavy atom. The molecule has 0 saturated carbocycles. The second kappa shape index (κ2) is 4.22. The van der Waals surface area contributed by atoms with Crippen molar-refractivity contribution >= 4 is 0 Å². The first-order chi connectivity index (χ1) is 5.69. The fourth-order valence-corrected chi connectivity index (χ4v) is 0.884. The highest BCUT2D eigenvalue weighted by Gasteiger charge is 2.26. The van der Waals surface area contributed by atoms with E-state index < -0.39 is 17.3 Å². The first-order valence-electron chi connectivity index (χ1n) is 4.45. The van der Waals surface area contributed by atoms with Crippen molar-refractivity contribution in [1.82, 2.24) is 0 Å². The second-order valence-electron chi connectivity index (χ2n) is 4.27. The Morgan fingerprint density at radius 3 is 2.08 bits per heavy atom. The van der Waals surface area contributed by atoms with E-state index in [2.05, 4.69) is 6.58 Å². The quantitative estimate of drug-likeness (QED) is 0.560. The Kier molecular flexibility index (Phi) is 4.10. The van der Waals surface area contributed by atoms with Crippen LogP contribution >= 0.6 is 0 Å². The van der Waals surface area contributed by atoms with E-state index in [4.69, 9.17) is 0 Å². The Labute approximate surface area is 79.7 Å². The maximum Gasteiger partial charge on any atom is 0.0849 e. The molecule has 0 heterocycles. The summed E-state index contributed by atoms with van der Waals surface area (Å²) in [6.07, 6.45) is 1.35. The van der Waals surface area contributed by atoms with Crippen LogP contribution in [0.4, 0.5) is 0 Å². The molecule has 3 N–H and O–H groups in total. The van der Waals surface area contributed by atoms with Crippen molar-refractivity contribution in [2.24, 2.45) is 0 Å². The normalized spacial score (nSPS) is 19.2. The summed E-state index contributed by atoms with van der Waals surface area (Å²) in [5.74, 6) is 0. The first kappa shape index (κ1) is 12.6. The van der Waals surface area contributed by atoms with Crippen LogP contribution in [0.25, 0.3) is 0 Å². The minimum absolute atomic E-state index is 0.350. The molecule has 0 aromatic carbocycles. The molecule has 0 radical (unpaired) electrons. The lowest BCUT2D eigenvalue weighted by Gasteiger charge is -2.27. The van der Waals surface area contributed by atoms with Gasteiger partial charge in [-0.25, -0.2) is 0 Å². The Bertz CT molecular complexity index is 167. The van der Waals surface area contributed by atoms with E-state index in [1.807, 2.05) is 0 Å². The summed E-state index contributed by atoms with van der Waals surface area (Å²) >= 11 is 0. The molecule has 13 heavy (non-hydrogen) atoms. The van der Waals surface area contributed by atoms with Gasteiger partial charge in [0, 0.05) is 0 Å². The number of aliphatic hydroxyl groups is 3. The van der Waals surface area contributed by atoms with Gasteiger partial charge in [0.1, 0.15) is 0 Å². The molecule has 0 amide bonds. The van der Waals surface area contributed by atoms with E-state index in [1.165, 1.54) is 6.08 Å². The fraction of sp³-hybridized carbons (Fsp3) is 0.800. The summed E-state index contributed by atoms with van der Waals surface area (Å²) in [6, 6.07) is 0. The third-order valence-corrected chi connectivity index (χ3v) is 2.18. The van der Waals surface area contributed by atoms with Crippen LogP contribution in [0.15, 0.2) is 12.7 Å². The van der Waals surface area contributed by atoms with Crippen LogP contribution in [-0.4, -0.2) is 32.6 Å². The van der Waals surface area contributed by atoms with Crippen molar-refractivity contribution in [3.63, 3.8) is 0 Å². The Morgan fingerprint density at radius 1 is 1.31 bits per heavy atom. The van der Waals surface area contributed by atoms with Crippen LogP contribution in [0.5, 0.6) is 0 Å². The van der Waals surface area contributed by atoms with Crippen LogP contribution in [0.3, 0.4) is 0 Å². The summed E-state index contributed by atoms with van der Waals surface area (Å²) in [5, 5.41) is 28.4. The number of hydrogen-bond acceptors (Lipinski definition) is 3. The predicted molar refractivity (Wildman–Crippen MR) is 52.4 cm³/mol. The van der Waals surface area contributed by atoms with Gasteiger partial charge in [-0.15, -0.1) is 6.58 Å². The molecule has 0 rings (SSSR count). The van der Waals surface area contributed by atoms with Gasteiger partial charge in [0.2, 0.25) is 0 Å². The van der Waals surface area contributed by atoms with Gasteiger partial charge in [-0.05, 0) is 33.6 Å². The van der Waals surface area contributed by atoms with Crippen molar-refractivity contribution < 1.29 is 15.3 Å². The van der Waals surface area contributed by atoms with Crippen LogP contribution < -0.4 is 0 Å². The Balaban J connectivity index is 3.97. The van der Waals surface area contributed by atoms with E-state index in [0.29, 0.717) is 12.8 Å². The number of aliphatic hydroxyl groups excluding tert-OH is 1. The van der Waals surface area contributed by atoms with Crippen LogP contribution in [0.1, 0.15) is 33.6 Å². The van der Waals surface area contributed by atoms with Gasteiger partial charge < -0.3 is 15.3 Å². The largest absolute Gasteiger partial charge is 0.390 e. The third-order valence-electron chi connectivity index (χ3n) is 2.18. The molecular formula is C10H20O3. The SMILES string of the molecule is C=C[C@@](C)(O)CC[C@H](O)C(C)(C)O. The van der Waals surface area contributed by atoms with E-state index in [-0.39, 0.29) is 0 Å². The van der Waals surface area contributed by atoms with Crippen LogP contribution in [0.2, 0.25) is 0 Å². The Hall–Kier alpha value is -0.380. The molecule has 0 saturated heterocycles. The van der Waals surface area contributed by atoms with Crippen LogP contribution in [0, 0.1) is 0 Å². The van der Waals surface area contributed by atoms with Gasteiger partial charge in [0.25, 0.3) is 0 Å². The van der Waals surface area contributed by atoms with Crippen molar-refractivity contribution in [2.75, 3.05) is 0 Å². The molecule has 3 heteroatoms. The molecule has 2 atom stereocenters. The minimum atomic E-state index is -1.11. The van der Waals surface area contributed by atoms with E-state index >= 15 is 0 Å². The molecule has 0 fully saturated rings. The summed E-state index contributed by atoms with van der Waals surface area (Å²) in [7, 11) is 0. The van der Waals surface area contributed by atoms with E-state index in [9.17, 15) is 15.3 Å².